The quantitative estimate of drug-likeness (QED) is 0.794. The predicted octanol–water partition coefficient (Wildman–Crippen LogP) is 2.97. The summed E-state index contributed by atoms with van der Waals surface area (Å²) in [5.74, 6) is 1.98. The van der Waals surface area contributed by atoms with E-state index in [0.717, 1.165) is 31.1 Å². The molecule has 2 rings (SSSR count). The van der Waals surface area contributed by atoms with Crippen molar-refractivity contribution in [1.82, 2.24) is 5.32 Å². The molecule has 1 saturated heterocycles. The Morgan fingerprint density at radius 2 is 1.56 bits per heavy atom. The second-order valence-electron chi connectivity index (χ2n) is 5.59. The summed E-state index contributed by atoms with van der Waals surface area (Å²) >= 11 is 0. The van der Waals surface area contributed by atoms with Gasteiger partial charge < -0.3 is 10.1 Å². The summed E-state index contributed by atoms with van der Waals surface area (Å²) in [5, 5.41) is 3.74. The minimum Gasteiger partial charge on any atom is -0.381 e. The van der Waals surface area contributed by atoms with E-state index in [2.05, 4.69) is 12.2 Å². The van der Waals surface area contributed by atoms with Gasteiger partial charge >= 0.3 is 0 Å². The zero-order valence-corrected chi connectivity index (χ0v) is 10.7. The minimum absolute atomic E-state index is 0.734. The Labute approximate surface area is 100 Å². The summed E-state index contributed by atoms with van der Waals surface area (Å²) in [7, 11) is 0. The fourth-order valence-corrected chi connectivity index (χ4v) is 3.08. The van der Waals surface area contributed by atoms with E-state index in [1.54, 1.807) is 0 Å². The van der Waals surface area contributed by atoms with Gasteiger partial charge in [-0.25, -0.2) is 0 Å². The molecule has 0 atom stereocenters. The third kappa shape index (κ3) is 3.74. The van der Waals surface area contributed by atoms with Crippen molar-refractivity contribution in [3.05, 3.63) is 0 Å². The van der Waals surface area contributed by atoms with Crippen molar-refractivity contribution in [2.45, 2.75) is 57.9 Å². The number of hydrogen-bond acceptors (Lipinski definition) is 2. The molecule has 2 heteroatoms. The minimum atomic E-state index is 0.734. The first-order valence-electron chi connectivity index (χ1n) is 7.19. The van der Waals surface area contributed by atoms with E-state index in [9.17, 15) is 0 Å². The number of rotatable bonds is 4. The van der Waals surface area contributed by atoms with Crippen LogP contribution in [0.3, 0.4) is 0 Å². The van der Waals surface area contributed by atoms with Crippen LogP contribution >= 0.6 is 0 Å². The molecule has 94 valence electrons. The van der Waals surface area contributed by atoms with Crippen LogP contribution in [0.15, 0.2) is 0 Å². The van der Waals surface area contributed by atoms with Gasteiger partial charge in [0.15, 0.2) is 0 Å². The van der Waals surface area contributed by atoms with Crippen LogP contribution < -0.4 is 5.32 Å². The van der Waals surface area contributed by atoms with Crippen LogP contribution in [0.5, 0.6) is 0 Å². The average molecular weight is 225 g/mol. The maximum Gasteiger partial charge on any atom is 0.0480 e. The lowest BCUT2D eigenvalue weighted by Crippen LogP contribution is -2.38. The summed E-state index contributed by atoms with van der Waals surface area (Å²) in [6.07, 6.45) is 9.66. The first kappa shape index (κ1) is 12.4. The third-order valence-electron chi connectivity index (χ3n) is 4.46. The van der Waals surface area contributed by atoms with Gasteiger partial charge in [0.2, 0.25) is 0 Å². The molecule has 0 aromatic carbocycles. The van der Waals surface area contributed by atoms with E-state index in [1.165, 1.54) is 51.5 Å². The Kier molecular flexibility index (Phi) is 5.11. The molecule has 0 aromatic rings. The molecule has 1 N–H and O–H groups in total. The van der Waals surface area contributed by atoms with Gasteiger partial charge in [-0.3, -0.25) is 0 Å². The molecule has 1 aliphatic heterocycles. The molecule has 1 aliphatic carbocycles. The Bertz CT molecular complexity index is 181. The topological polar surface area (TPSA) is 21.3 Å². The van der Waals surface area contributed by atoms with Crippen LogP contribution in [0.4, 0.5) is 0 Å². The lowest BCUT2D eigenvalue weighted by molar-refractivity contribution is 0.0760. The first-order chi connectivity index (χ1) is 7.88. The zero-order chi connectivity index (χ0) is 11.2. The molecule has 2 nitrogen and oxygen atoms in total. The van der Waals surface area contributed by atoms with Crippen molar-refractivity contribution in [1.29, 1.82) is 0 Å². The van der Waals surface area contributed by atoms with Gasteiger partial charge in [-0.05, 0) is 44.1 Å². The summed E-state index contributed by atoms with van der Waals surface area (Å²) in [4.78, 5) is 0. The highest BCUT2D eigenvalue weighted by Crippen LogP contribution is 2.30. The lowest BCUT2D eigenvalue weighted by Gasteiger charge is -2.30. The second kappa shape index (κ2) is 6.61. The van der Waals surface area contributed by atoms with E-state index >= 15 is 0 Å². The van der Waals surface area contributed by atoms with Crippen molar-refractivity contribution in [3.63, 3.8) is 0 Å². The zero-order valence-electron chi connectivity index (χ0n) is 10.7. The molecule has 0 amide bonds. The van der Waals surface area contributed by atoms with Crippen LogP contribution in [-0.2, 0) is 4.74 Å². The summed E-state index contributed by atoms with van der Waals surface area (Å²) < 4.78 is 5.38. The molecule has 1 saturated carbocycles. The normalized spacial score (nSPS) is 32.8. The second-order valence-corrected chi connectivity index (χ2v) is 5.59. The van der Waals surface area contributed by atoms with E-state index in [4.69, 9.17) is 4.74 Å². The third-order valence-corrected chi connectivity index (χ3v) is 4.46. The molecule has 1 heterocycles. The Hall–Kier alpha value is -0.0800. The molecule has 0 spiro atoms. The van der Waals surface area contributed by atoms with E-state index in [-0.39, 0.29) is 0 Å². The highest BCUT2D eigenvalue weighted by Gasteiger charge is 2.21. The van der Waals surface area contributed by atoms with Gasteiger partial charge in [-0.2, -0.15) is 0 Å². The molecule has 0 aromatic heterocycles. The number of ether oxygens (including phenoxy) is 1. The van der Waals surface area contributed by atoms with Crippen LogP contribution in [0, 0.1) is 11.8 Å². The van der Waals surface area contributed by atoms with Gasteiger partial charge in [0.25, 0.3) is 0 Å². The summed E-state index contributed by atoms with van der Waals surface area (Å²) in [6, 6.07) is 0.734. The van der Waals surface area contributed by atoms with Crippen molar-refractivity contribution >= 4 is 0 Å². The average Bonchev–Trinajstić information content (AvgIpc) is 2.38. The molecule has 0 unspecified atom stereocenters. The van der Waals surface area contributed by atoms with Crippen LogP contribution in [-0.4, -0.2) is 25.8 Å². The summed E-state index contributed by atoms with van der Waals surface area (Å²) in [6.45, 7) is 5.51. The maximum atomic E-state index is 5.38. The van der Waals surface area contributed by atoms with Gasteiger partial charge in [0.1, 0.15) is 0 Å². The van der Waals surface area contributed by atoms with Crippen molar-refractivity contribution in [3.8, 4) is 0 Å². The fraction of sp³-hybridized carbons (Fsp3) is 1.00. The van der Waals surface area contributed by atoms with Gasteiger partial charge in [-0.15, -0.1) is 0 Å². The number of hydrogen-bond donors (Lipinski definition) is 1. The molecular weight excluding hydrogens is 198 g/mol. The fourth-order valence-electron chi connectivity index (χ4n) is 3.08. The summed E-state index contributed by atoms with van der Waals surface area (Å²) in [5.41, 5.74) is 0. The Morgan fingerprint density at radius 1 is 0.938 bits per heavy atom. The predicted molar refractivity (Wildman–Crippen MR) is 67.6 cm³/mol. The standard InChI is InChI=1S/C14H27NO/c1-2-12-3-5-13(6-4-12)11-15-14-7-9-16-10-8-14/h12-15H,2-11H2,1H3. The van der Waals surface area contributed by atoms with Crippen molar-refractivity contribution in [2.75, 3.05) is 19.8 Å². The van der Waals surface area contributed by atoms with Gasteiger partial charge in [-0.1, -0.05) is 26.2 Å². The van der Waals surface area contributed by atoms with Gasteiger partial charge in [0.05, 0.1) is 0 Å². The molecule has 16 heavy (non-hydrogen) atoms. The molecular formula is C14H27NO. The molecule has 2 aliphatic rings. The monoisotopic (exact) mass is 225 g/mol. The smallest absolute Gasteiger partial charge is 0.0480 e. The van der Waals surface area contributed by atoms with E-state index < -0.39 is 0 Å². The highest BCUT2D eigenvalue weighted by atomic mass is 16.5. The molecule has 0 bridgehead atoms. The van der Waals surface area contributed by atoms with Crippen LogP contribution in [0.2, 0.25) is 0 Å². The molecule has 0 radical (unpaired) electrons. The van der Waals surface area contributed by atoms with Crippen LogP contribution in [0.25, 0.3) is 0 Å². The first-order valence-corrected chi connectivity index (χ1v) is 7.19. The maximum absolute atomic E-state index is 5.38. The highest BCUT2D eigenvalue weighted by molar-refractivity contribution is 4.76. The number of nitrogens with one attached hydrogen (secondary N) is 1. The van der Waals surface area contributed by atoms with Crippen LogP contribution in [0.1, 0.15) is 51.9 Å². The Morgan fingerprint density at radius 3 is 2.19 bits per heavy atom. The van der Waals surface area contributed by atoms with Crippen molar-refractivity contribution in [2.24, 2.45) is 11.8 Å². The van der Waals surface area contributed by atoms with Gasteiger partial charge in [0, 0.05) is 19.3 Å². The van der Waals surface area contributed by atoms with Crippen molar-refractivity contribution < 1.29 is 4.74 Å². The largest absolute Gasteiger partial charge is 0.381 e. The van der Waals surface area contributed by atoms with E-state index in [1.807, 2.05) is 0 Å². The van der Waals surface area contributed by atoms with E-state index in [0.29, 0.717) is 0 Å². The molecule has 2 fully saturated rings. The lowest BCUT2D eigenvalue weighted by atomic mass is 9.81. The Balaban J connectivity index is 1.59. The SMILES string of the molecule is CCC1CCC(CNC2CCOCC2)CC1.